The van der Waals surface area contributed by atoms with E-state index in [1.165, 1.54) is 11.1 Å². The number of hydrogen-bond donors (Lipinski definition) is 0. The monoisotopic (exact) mass is 246 g/mol. The van der Waals surface area contributed by atoms with E-state index in [-0.39, 0.29) is 0 Å². The second kappa shape index (κ2) is 5.71. The molecule has 0 radical (unpaired) electrons. The van der Waals surface area contributed by atoms with Crippen LogP contribution in [0.5, 0.6) is 11.5 Å². The SMILES string of the molecule is COc1ccc(C2CCC/C2=C\C=O)cc1OC. The molecular formula is C15H18O3. The summed E-state index contributed by atoms with van der Waals surface area (Å²) in [4.78, 5) is 10.6. The summed E-state index contributed by atoms with van der Waals surface area (Å²) in [7, 11) is 3.27. The number of rotatable bonds is 4. The van der Waals surface area contributed by atoms with E-state index < -0.39 is 0 Å². The molecule has 0 bridgehead atoms. The Balaban J connectivity index is 2.33. The van der Waals surface area contributed by atoms with Gasteiger partial charge in [-0.25, -0.2) is 0 Å². The van der Waals surface area contributed by atoms with Gasteiger partial charge < -0.3 is 9.47 Å². The van der Waals surface area contributed by atoms with Crippen LogP contribution < -0.4 is 9.47 Å². The van der Waals surface area contributed by atoms with Crippen molar-refractivity contribution in [2.24, 2.45) is 0 Å². The zero-order chi connectivity index (χ0) is 13.0. The van der Waals surface area contributed by atoms with Crippen molar-refractivity contribution < 1.29 is 14.3 Å². The average Bonchev–Trinajstić information content (AvgIpc) is 2.86. The second-order valence-corrected chi connectivity index (χ2v) is 4.44. The van der Waals surface area contributed by atoms with E-state index in [2.05, 4.69) is 6.07 Å². The summed E-state index contributed by atoms with van der Waals surface area (Å²) in [5, 5.41) is 0. The molecule has 0 saturated heterocycles. The fourth-order valence-corrected chi connectivity index (χ4v) is 2.61. The fourth-order valence-electron chi connectivity index (χ4n) is 2.61. The molecule has 0 amide bonds. The van der Waals surface area contributed by atoms with Crippen molar-refractivity contribution in [3.8, 4) is 11.5 Å². The standard InChI is InChI=1S/C15H18O3/c1-17-14-7-6-12(10-15(14)18-2)13-5-3-4-11(13)8-9-16/h6-10,13H,3-5H2,1-2H3/b11-8+. The minimum absolute atomic E-state index is 0.343. The van der Waals surface area contributed by atoms with E-state index in [1.807, 2.05) is 12.1 Å². The zero-order valence-electron chi connectivity index (χ0n) is 10.8. The Labute approximate surface area is 107 Å². The van der Waals surface area contributed by atoms with E-state index in [0.29, 0.717) is 5.92 Å². The number of aldehydes is 1. The first kappa shape index (κ1) is 12.7. The minimum atomic E-state index is 0.343. The minimum Gasteiger partial charge on any atom is -0.493 e. The summed E-state index contributed by atoms with van der Waals surface area (Å²) in [6.07, 6.45) is 5.83. The lowest BCUT2D eigenvalue weighted by molar-refractivity contribution is -0.104. The maximum Gasteiger partial charge on any atom is 0.161 e. The molecule has 1 aromatic rings. The maximum absolute atomic E-state index is 10.6. The molecule has 0 aliphatic heterocycles. The molecular weight excluding hydrogens is 228 g/mol. The third-order valence-corrected chi connectivity index (χ3v) is 3.50. The maximum atomic E-state index is 10.6. The quantitative estimate of drug-likeness (QED) is 0.605. The van der Waals surface area contributed by atoms with Gasteiger partial charge >= 0.3 is 0 Å². The molecule has 3 nitrogen and oxygen atoms in total. The number of ether oxygens (including phenoxy) is 2. The van der Waals surface area contributed by atoms with E-state index in [4.69, 9.17) is 9.47 Å². The van der Waals surface area contributed by atoms with Gasteiger partial charge in [0, 0.05) is 5.92 Å². The van der Waals surface area contributed by atoms with Gasteiger partial charge in [0.2, 0.25) is 0 Å². The van der Waals surface area contributed by atoms with Gasteiger partial charge in [0.15, 0.2) is 11.5 Å². The van der Waals surface area contributed by atoms with Crippen LogP contribution in [0.4, 0.5) is 0 Å². The number of carbonyl (C=O) groups excluding carboxylic acids is 1. The smallest absolute Gasteiger partial charge is 0.161 e. The predicted octanol–water partition coefficient (Wildman–Crippen LogP) is 3.10. The third-order valence-electron chi connectivity index (χ3n) is 3.50. The predicted molar refractivity (Wildman–Crippen MR) is 70.3 cm³/mol. The molecule has 1 atom stereocenters. The number of carbonyl (C=O) groups is 1. The fraction of sp³-hybridized carbons (Fsp3) is 0.400. The lowest BCUT2D eigenvalue weighted by atomic mass is 9.93. The van der Waals surface area contributed by atoms with Crippen LogP contribution in [-0.2, 0) is 4.79 Å². The van der Waals surface area contributed by atoms with Gasteiger partial charge in [0.05, 0.1) is 14.2 Å². The van der Waals surface area contributed by atoms with E-state index in [9.17, 15) is 4.79 Å². The molecule has 1 fully saturated rings. The Morgan fingerprint density at radius 1 is 1.22 bits per heavy atom. The zero-order valence-corrected chi connectivity index (χ0v) is 10.8. The molecule has 2 rings (SSSR count). The largest absolute Gasteiger partial charge is 0.493 e. The highest BCUT2D eigenvalue weighted by atomic mass is 16.5. The van der Waals surface area contributed by atoms with Gasteiger partial charge in [-0.3, -0.25) is 4.79 Å². The normalized spacial score (nSPS) is 21.0. The first-order valence-electron chi connectivity index (χ1n) is 6.16. The first-order chi connectivity index (χ1) is 8.80. The van der Waals surface area contributed by atoms with Crippen LogP contribution in [0.15, 0.2) is 29.8 Å². The van der Waals surface area contributed by atoms with Crippen LogP contribution in [-0.4, -0.2) is 20.5 Å². The molecule has 3 heteroatoms. The summed E-state index contributed by atoms with van der Waals surface area (Å²) >= 11 is 0. The van der Waals surface area contributed by atoms with Gasteiger partial charge in [-0.05, 0) is 43.0 Å². The van der Waals surface area contributed by atoms with Crippen LogP contribution in [0.25, 0.3) is 0 Å². The first-order valence-corrected chi connectivity index (χ1v) is 6.16. The Kier molecular flexibility index (Phi) is 4.03. The number of benzene rings is 1. The van der Waals surface area contributed by atoms with Crippen molar-refractivity contribution in [2.45, 2.75) is 25.2 Å². The van der Waals surface area contributed by atoms with Crippen LogP contribution >= 0.6 is 0 Å². The van der Waals surface area contributed by atoms with Crippen LogP contribution in [0, 0.1) is 0 Å². The molecule has 1 aromatic carbocycles. The van der Waals surface area contributed by atoms with Gasteiger partial charge in [-0.15, -0.1) is 0 Å². The van der Waals surface area contributed by atoms with Crippen molar-refractivity contribution in [3.05, 3.63) is 35.4 Å². The van der Waals surface area contributed by atoms with Crippen LogP contribution in [0.2, 0.25) is 0 Å². The van der Waals surface area contributed by atoms with Crippen molar-refractivity contribution in [1.82, 2.24) is 0 Å². The number of methoxy groups -OCH3 is 2. The topological polar surface area (TPSA) is 35.5 Å². The van der Waals surface area contributed by atoms with Gasteiger partial charge in [-0.2, -0.15) is 0 Å². The van der Waals surface area contributed by atoms with Gasteiger partial charge in [0.25, 0.3) is 0 Å². The molecule has 18 heavy (non-hydrogen) atoms. The summed E-state index contributed by atoms with van der Waals surface area (Å²) in [6.45, 7) is 0. The highest BCUT2D eigenvalue weighted by molar-refractivity contribution is 5.67. The molecule has 96 valence electrons. The summed E-state index contributed by atoms with van der Waals surface area (Å²) in [5.41, 5.74) is 2.41. The van der Waals surface area contributed by atoms with E-state index in [0.717, 1.165) is 37.0 Å². The highest BCUT2D eigenvalue weighted by Gasteiger charge is 2.23. The van der Waals surface area contributed by atoms with Crippen molar-refractivity contribution in [2.75, 3.05) is 14.2 Å². The van der Waals surface area contributed by atoms with Crippen LogP contribution in [0.3, 0.4) is 0 Å². The lowest BCUT2D eigenvalue weighted by Gasteiger charge is -2.15. The van der Waals surface area contributed by atoms with E-state index >= 15 is 0 Å². The molecule has 1 aliphatic rings. The Bertz CT molecular complexity index is 463. The summed E-state index contributed by atoms with van der Waals surface area (Å²) < 4.78 is 10.6. The average molecular weight is 246 g/mol. The van der Waals surface area contributed by atoms with Crippen LogP contribution in [0.1, 0.15) is 30.7 Å². The highest BCUT2D eigenvalue weighted by Crippen LogP contribution is 2.41. The molecule has 1 aliphatic carbocycles. The van der Waals surface area contributed by atoms with Gasteiger partial charge in [-0.1, -0.05) is 11.6 Å². The van der Waals surface area contributed by atoms with Gasteiger partial charge in [0.1, 0.15) is 6.29 Å². The summed E-state index contributed by atoms with van der Waals surface area (Å²) in [5.74, 6) is 1.82. The molecule has 0 aromatic heterocycles. The molecule has 0 spiro atoms. The second-order valence-electron chi connectivity index (χ2n) is 4.44. The Morgan fingerprint density at radius 2 is 2.00 bits per heavy atom. The number of hydrogen-bond acceptors (Lipinski definition) is 3. The number of allylic oxidation sites excluding steroid dienone is 2. The van der Waals surface area contributed by atoms with E-state index in [1.54, 1.807) is 20.3 Å². The third kappa shape index (κ3) is 2.40. The van der Waals surface area contributed by atoms with Crippen molar-refractivity contribution in [3.63, 3.8) is 0 Å². The molecule has 0 heterocycles. The lowest BCUT2D eigenvalue weighted by Crippen LogP contribution is -1.98. The molecule has 0 N–H and O–H groups in total. The Hall–Kier alpha value is -1.77. The molecule has 1 unspecified atom stereocenters. The molecule has 1 saturated carbocycles. The summed E-state index contributed by atoms with van der Waals surface area (Å²) in [6, 6.07) is 5.98. The Morgan fingerprint density at radius 3 is 2.67 bits per heavy atom. The van der Waals surface area contributed by atoms with Crippen molar-refractivity contribution >= 4 is 6.29 Å². The van der Waals surface area contributed by atoms with Crippen molar-refractivity contribution in [1.29, 1.82) is 0 Å².